The van der Waals surface area contributed by atoms with E-state index in [2.05, 4.69) is 29.8 Å². The molecule has 0 radical (unpaired) electrons. The minimum Gasteiger partial charge on any atom is -0.464 e. The normalized spacial score (nSPS) is 12.3. The van der Waals surface area contributed by atoms with Gasteiger partial charge >= 0.3 is 5.97 Å². The lowest BCUT2D eigenvalue weighted by Gasteiger charge is -2.15. The van der Waals surface area contributed by atoms with Crippen LogP contribution in [0, 0.1) is 13.8 Å². The number of oxazole rings is 1. The number of esters is 1. The Morgan fingerprint density at radius 2 is 1.94 bits per heavy atom. The Bertz CT molecular complexity index is 1310. The summed E-state index contributed by atoms with van der Waals surface area (Å²) >= 11 is 6.33. The molecule has 6 nitrogen and oxygen atoms in total. The summed E-state index contributed by atoms with van der Waals surface area (Å²) in [6.07, 6.45) is 1.98. The molecule has 34 heavy (non-hydrogen) atoms. The lowest BCUT2D eigenvalue weighted by Crippen LogP contribution is -2.29. The molecule has 4 aromatic rings. The number of rotatable bonds is 9. The molecule has 2 aromatic carbocycles. The first-order valence-corrected chi connectivity index (χ1v) is 11.9. The van der Waals surface area contributed by atoms with Gasteiger partial charge in [-0.15, -0.1) is 0 Å². The van der Waals surface area contributed by atoms with E-state index in [9.17, 15) is 4.79 Å². The summed E-state index contributed by atoms with van der Waals surface area (Å²) < 4.78 is 18.9. The summed E-state index contributed by atoms with van der Waals surface area (Å²) in [4.78, 5) is 17.0. The molecule has 0 aliphatic carbocycles. The molecule has 1 unspecified atom stereocenters. The summed E-state index contributed by atoms with van der Waals surface area (Å²) in [5.41, 5.74) is 4.90. The van der Waals surface area contributed by atoms with Gasteiger partial charge in [-0.3, -0.25) is 0 Å². The van der Waals surface area contributed by atoms with E-state index in [1.807, 2.05) is 44.2 Å². The topological polar surface area (TPSA) is 66.5 Å². The van der Waals surface area contributed by atoms with Gasteiger partial charge in [0, 0.05) is 30.1 Å². The van der Waals surface area contributed by atoms with E-state index < -0.39 is 6.10 Å². The lowest BCUT2D eigenvalue weighted by molar-refractivity contribution is -0.156. The Morgan fingerprint density at radius 1 is 1.15 bits per heavy atom. The molecule has 0 N–H and O–H groups in total. The van der Waals surface area contributed by atoms with Crippen molar-refractivity contribution in [1.82, 2.24) is 9.55 Å². The fraction of sp³-hybridized carbons (Fsp3) is 0.333. The molecule has 2 aromatic heterocycles. The summed E-state index contributed by atoms with van der Waals surface area (Å²) in [6.45, 7) is 9.04. The number of ether oxygens (including phenoxy) is 2. The van der Waals surface area contributed by atoms with Gasteiger partial charge in [0.1, 0.15) is 11.5 Å². The van der Waals surface area contributed by atoms with Crippen molar-refractivity contribution in [2.75, 3.05) is 13.2 Å². The van der Waals surface area contributed by atoms with Crippen molar-refractivity contribution in [3.05, 3.63) is 76.3 Å². The molecular weight excluding hydrogens is 452 g/mol. The number of hydrogen-bond donors (Lipinski definition) is 0. The van der Waals surface area contributed by atoms with E-state index in [0.717, 1.165) is 39.0 Å². The molecule has 0 fully saturated rings. The van der Waals surface area contributed by atoms with Gasteiger partial charge in [0.2, 0.25) is 5.89 Å². The van der Waals surface area contributed by atoms with Gasteiger partial charge in [-0.2, -0.15) is 0 Å². The monoisotopic (exact) mass is 480 g/mol. The lowest BCUT2D eigenvalue weighted by atomic mass is 10.0. The van der Waals surface area contributed by atoms with Crippen LogP contribution in [-0.4, -0.2) is 34.8 Å². The third kappa shape index (κ3) is 5.03. The number of fused-ring (bicyclic) bond motifs is 1. The average molecular weight is 481 g/mol. The van der Waals surface area contributed by atoms with Crippen LogP contribution < -0.4 is 0 Å². The van der Waals surface area contributed by atoms with Crippen molar-refractivity contribution >= 4 is 28.5 Å². The number of hydrogen-bond acceptors (Lipinski definition) is 5. The number of carbonyl (C=O) groups excluding carboxylic acids is 1. The molecule has 0 amide bonds. The number of aryl methyl sites for hydroxylation is 2. The minimum atomic E-state index is -0.606. The third-order valence-electron chi connectivity index (χ3n) is 5.80. The van der Waals surface area contributed by atoms with Crippen LogP contribution in [0.3, 0.4) is 0 Å². The maximum Gasteiger partial charge on any atom is 0.335 e. The number of nitrogens with zero attached hydrogens (tertiary/aromatic N) is 2. The van der Waals surface area contributed by atoms with Gasteiger partial charge in [-0.05, 0) is 63.1 Å². The standard InChI is InChI=1S/C27H29ClN2O4/c1-5-32-25(27(31)33-6-2)14-19-11-12-24-21(13-19)17(3)15-30(24)16-23-18(4)34-26(29-23)20-9-7-8-10-22(20)28/h7-13,15,25H,5-6,14,16H2,1-4H3. The van der Waals surface area contributed by atoms with Crippen LogP contribution in [-0.2, 0) is 27.2 Å². The van der Waals surface area contributed by atoms with E-state index in [-0.39, 0.29) is 5.97 Å². The fourth-order valence-electron chi connectivity index (χ4n) is 4.13. The highest BCUT2D eigenvalue weighted by molar-refractivity contribution is 6.33. The zero-order valence-corrected chi connectivity index (χ0v) is 20.7. The van der Waals surface area contributed by atoms with Gasteiger partial charge < -0.3 is 18.5 Å². The second kappa shape index (κ2) is 10.5. The molecule has 1 atom stereocenters. The number of benzene rings is 2. The quantitative estimate of drug-likeness (QED) is 0.270. The molecule has 0 aliphatic rings. The average Bonchev–Trinajstić information content (AvgIpc) is 3.33. The van der Waals surface area contributed by atoms with Crippen LogP contribution in [0.25, 0.3) is 22.4 Å². The molecule has 178 valence electrons. The first-order chi connectivity index (χ1) is 16.4. The minimum absolute atomic E-state index is 0.324. The molecule has 0 saturated heterocycles. The fourth-order valence-corrected chi connectivity index (χ4v) is 4.34. The Balaban J connectivity index is 1.60. The van der Waals surface area contributed by atoms with Crippen LogP contribution in [0.2, 0.25) is 5.02 Å². The molecular formula is C27H29ClN2O4. The third-order valence-corrected chi connectivity index (χ3v) is 6.13. The number of halogens is 1. The Labute approximate surface area is 204 Å². The van der Waals surface area contributed by atoms with Crippen molar-refractivity contribution in [1.29, 1.82) is 0 Å². The van der Waals surface area contributed by atoms with E-state index in [1.165, 1.54) is 0 Å². The molecule has 2 heterocycles. The van der Waals surface area contributed by atoms with Crippen LogP contribution in [0.5, 0.6) is 0 Å². The molecule has 0 bridgehead atoms. The molecule has 4 rings (SSSR count). The van der Waals surface area contributed by atoms with Gasteiger partial charge in [-0.1, -0.05) is 29.8 Å². The smallest absolute Gasteiger partial charge is 0.335 e. The molecule has 0 spiro atoms. The highest BCUT2D eigenvalue weighted by atomic mass is 35.5. The first kappa shape index (κ1) is 24.0. The Morgan fingerprint density at radius 3 is 2.68 bits per heavy atom. The van der Waals surface area contributed by atoms with E-state index >= 15 is 0 Å². The highest BCUT2D eigenvalue weighted by Gasteiger charge is 2.21. The van der Waals surface area contributed by atoms with Crippen molar-refractivity contribution in [2.24, 2.45) is 0 Å². The second-order valence-electron chi connectivity index (χ2n) is 8.19. The number of aromatic nitrogens is 2. The SMILES string of the molecule is CCOC(=O)C(Cc1ccc2c(c1)c(C)cn2Cc1nc(-c2ccccc2Cl)oc1C)OCC. The summed E-state index contributed by atoms with van der Waals surface area (Å²) in [7, 11) is 0. The van der Waals surface area contributed by atoms with E-state index in [1.54, 1.807) is 6.92 Å². The zero-order valence-electron chi connectivity index (χ0n) is 19.9. The number of carbonyl (C=O) groups is 1. The molecule has 7 heteroatoms. The first-order valence-electron chi connectivity index (χ1n) is 11.5. The van der Waals surface area contributed by atoms with E-state index in [4.69, 9.17) is 30.5 Å². The predicted molar refractivity (Wildman–Crippen MR) is 133 cm³/mol. The molecule has 0 saturated carbocycles. The highest BCUT2D eigenvalue weighted by Crippen LogP contribution is 2.30. The van der Waals surface area contributed by atoms with Crippen molar-refractivity contribution in [2.45, 2.75) is 46.8 Å². The maximum absolute atomic E-state index is 12.3. The zero-order chi connectivity index (χ0) is 24.2. The van der Waals surface area contributed by atoms with Gasteiger partial charge in [0.15, 0.2) is 6.10 Å². The molecule has 0 aliphatic heterocycles. The Kier molecular flexibility index (Phi) is 7.39. The van der Waals surface area contributed by atoms with Crippen molar-refractivity contribution < 1.29 is 18.7 Å². The van der Waals surface area contributed by atoms with Crippen LogP contribution in [0.1, 0.15) is 36.4 Å². The summed E-state index contributed by atoms with van der Waals surface area (Å²) in [6, 6.07) is 13.8. The van der Waals surface area contributed by atoms with Gasteiger partial charge in [0.25, 0.3) is 0 Å². The van der Waals surface area contributed by atoms with Gasteiger partial charge in [-0.25, -0.2) is 9.78 Å². The largest absolute Gasteiger partial charge is 0.464 e. The van der Waals surface area contributed by atoms with Crippen LogP contribution >= 0.6 is 11.6 Å². The van der Waals surface area contributed by atoms with Gasteiger partial charge in [0.05, 0.1) is 23.7 Å². The predicted octanol–water partition coefficient (Wildman–Crippen LogP) is 6.13. The summed E-state index contributed by atoms with van der Waals surface area (Å²) in [5.74, 6) is 0.962. The van der Waals surface area contributed by atoms with E-state index in [0.29, 0.717) is 37.1 Å². The maximum atomic E-state index is 12.3. The Hall–Kier alpha value is -3.09. The summed E-state index contributed by atoms with van der Waals surface area (Å²) in [5, 5.41) is 1.74. The van der Waals surface area contributed by atoms with Crippen molar-refractivity contribution in [3.8, 4) is 11.5 Å². The second-order valence-corrected chi connectivity index (χ2v) is 8.60. The van der Waals surface area contributed by atoms with Crippen LogP contribution in [0.4, 0.5) is 0 Å². The van der Waals surface area contributed by atoms with Crippen molar-refractivity contribution in [3.63, 3.8) is 0 Å². The van der Waals surface area contributed by atoms with Crippen LogP contribution in [0.15, 0.2) is 53.1 Å².